The summed E-state index contributed by atoms with van der Waals surface area (Å²) >= 11 is 1.50. The first-order valence-electron chi connectivity index (χ1n) is 13.3. The second-order valence-electron chi connectivity index (χ2n) is 9.63. The van der Waals surface area contributed by atoms with Gasteiger partial charge in [0.25, 0.3) is 11.8 Å². The smallest absolute Gasteiger partial charge is 0.251 e. The number of rotatable bonds is 9. The Balaban J connectivity index is 1.37. The molecular weight excluding hydrogens is 524 g/mol. The summed E-state index contributed by atoms with van der Waals surface area (Å²) in [6, 6.07) is 21.9. The lowest BCUT2D eigenvalue weighted by atomic mass is 9.89. The monoisotopic (exact) mass is 552 g/mol. The predicted octanol–water partition coefficient (Wildman–Crippen LogP) is 4.96. The van der Waals surface area contributed by atoms with Crippen LogP contribution in [-0.2, 0) is 35.5 Å². The zero-order chi connectivity index (χ0) is 27.3. The van der Waals surface area contributed by atoms with Gasteiger partial charge in [-0.05, 0) is 77.2 Å². The van der Waals surface area contributed by atoms with Gasteiger partial charge in [0.15, 0.2) is 6.04 Å². The second-order valence-corrected chi connectivity index (χ2v) is 10.6. The Labute approximate surface area is 235 Å². The third-order valence-corrected chi connectivity index (χ3v) is 7.87. The molecule has 0 spiro atoms. The largest absolute Gasteiger partial charge is 0.467 e. The first-order valence-corrected chi connectivity index (χ1v) is 14.1. The number of carbonyl (C=O) groups is 2. The Morgan fingerprint density at radius 2 is 1.88 bits per heavy atom. The molecule has 0 radical (unpaired) electrons. The lowest BCUT2D eigenvalue weighted by molar-refractivity contribution is -0.127. The van der Waals surface area contributed by atoms with E-state index in [9.17, 15) is 9.59 Å². The van der Waals surface area contributed by atoms with Crippen LogP contribution in [-0.4, -0.2) is 32.0 Å². The molecule has 0 saturated carbocycles. The van der Waals surface area contributed by atoms with Gasteiger partial charge in [-0.2, -0.15) is 4.80 Å². The van der Waals surface area contributed by atoms with Crippen molar-refractivity contribution in [2.75, 3.05) is 4.90 Å². The molecule has 0 unspecified atom stereocenters. The van der Waals surface area contributed by atoms with Crippen LogP contribution < -0.4 is 10.2 Å². The molecule has 6 rings (SSSR count). The van der Waals surface area contributed by atoms with Crippen molar-refractivity contribution >= 4 is 28.8 Å². The third-order valence-electron chi connectivity index (χ3n) is 7.00. The molecule has 1 atom stereocenters. The van der Waals surface area contributed by atoms with E-state index in [2.05, 4.69) is 26.8 Å². The number of hydrogen-bond donors (Lipinski definition) is 1. The molecule has 5 aromatic rings. The highest BCUT2D eigenvalue weighted by atomic mass is 32.1. The van der Waals surface area contributed by atoms with E-state index in [1.54, 1.807) is 17.0 Å². The maximum Gasteiger partial charge on any atom is 0.251 e. The second kappa shape index (κ2) is 11.7. The molecule has 40 heavy (non-hydrogen) atoms. The molecule has 3 aromatic heterocycles. The Hall–Kier alpha value is -4.57. The standard InChI is InChI=1S/C30H28N6O3S/c37-27(20-35-33-29(32-34-35)26-16-8-18-40-26)36(24-14-6-12-22-11-4-5-13-23(22)24)28(25-15-7-17-39-25)30(38)31-19-21-9-2-1-3-10-21/h1-3,6-10,12,14-18,28H,4-5,11,13,19-20H2,(H,31,38)/t28-/m0/s1. The Bertz CT molecular complexity index is 1580. The molecule has 1 N–H and O–H groups in total. The summed E-state index contributed by atoms with van der Waals surface area (Å²) in [7, 11) is 0. The molecule has 0 bridgehead atoms. The predicted molar refractivity (Wildman–Crippen MR) is 151 cm³/mol. The number of fused-ring (bicyclic) bond motifs is 1. The van der Waals surface area contributed by atoms with E-state index >= 15 is 0 Å². The van der Waals surface area contributed by atoms with E-state index in [-0.39, 0.29) is 18.4 Å². The SMILES string of the molecule is O=C(NCc1ccccc1)[C@H](c1ccco1)N(C(=O)Cn1nnc(-c2cccs2)n1)c1cccc2c1CCCC2. The minimum atomic E-state index is -1.03. The topological polar surface area (TPSA) is 106 Å². The third kappa shape index (κ3) is 5.43. The van der Waals surface area contributed by atoms with E-state index < -0.39 is 6.04 Å². The summed E-state index contributed by atoms with van der Waals surface area (Å²) in [5.41, 5.74) is 3.94. The molecule has 3 heterocycles. The average Bonchev–Trinajstić information content (AvgIpc) is 3.78. The molecule has 0 fully saturated rings. The van der Waals surface area contributed by atoms with Gasteiger partial charge in [-0.15, -0.1) is 21.5 Å². The number of nitrogens with one attached hydrogen (secondary N) is 1. The van der Waals surface area contributed by atoms with Gasteiger partial charge >= 0.3 is 0 Å². The number of nitrogens with zero attached hydrogens (tertiary/aromatic N) is 5. The van der Waals surface area contributed by atoms with Crippen LogP contribution in [0.15, 0.2) is 88.9 Å². The lowest BCUT2D eigenvalue weighted by Gasteiger charge is -2.33. The van der Waals surface area contributed by atoms with Gasteiger partial charge in [-0.3, -0.25) is 14.5 Å². The molecular formula is C30H28N6O3S. The number of furan rings is 1. The van der Waals surface area contributed by atoms with Gasteiger partial charge in [0.2, 0.25) is 5.82 Å². The number of aryl methyl sites for hydroxylation is 1. The minimum Gasteiger partial charge on any atom is -0.467 e. The van der Waals surface area contributed by atoms with Gasteiger partial charge in [0, 0.05) is 12.2 Å². The zero-order valence-electron chi connectivity index (χ0n) is 21.8. The van der Waals surface area contributed by atoms with E-state index in [1.165, 1.54) is 28.0 Å². The molecule has 1 aliphatic rings. The van der Waals surface area contributed by atoms with Crippen molar-refractivity contribution in [2.45, 2.75) is 44.8 Å². The van der Waals surface area contributed by atoms with Gasteiger partial charge < -0.3 is 9.73 Å². The first kappa shape index (κ1) is 25.7. The summed E-state index contributed by atoms with van der Waals surface area (Å²) in [4.78, 5) is 31.8. The molecule has 0 aliphatic heterocycles. The van der Waals surface area contributed by atoms with Crippen molar-refractivity contribution in [1.29, 1.82) is 0 Å². The summed E-state index contributed by atoms with van der Waals surface area (Å²) in [5, 5.41) is 17.6. The number of hydrogen-bond acceptors (Lipinski definition) is 7. The van der Waals surface area contributed by atoms with Crippen LogP contribution in [0.3, 0.4) is 0 Å². The number of anilines is 1. The van der Waals surface area contributed by atoms with Gasteiger partial charge in [0.05, 0.1) is 11.1 Å². The Morgan fingerprint density at radius 3 is 2.67 bits per heavy atom. The number of carbonyl (C=O) groups excluding carboxylic acids is 2. The molecule has 1 aliphatic carbocycles. The van der Waals surface area contributed by atoms with Crippen molar-refractivity contribution in [3.8, 4) is 10.7 Å². The fourth-order valence-electron chi connectivity index (χ4n) is 5.12. The van der Waals surface area contributed by atoms with Crippen LogP contribution in [0.5, 0.6) is 0 Å². The van der Waals surface area contributed by atoms with E-state index in [0.717, 1.165) is 41.7 Å². The van der Waals surface area contributed by atoms with Crippen molar-refractivity contribution < 1.29 is 14.0 Å². The van der Waals surface area contributed by atoms with E-state index in [4.69, 9.17) is 4.42 Å². The maximum atomic E-state index is 14.2. The summed E-state index contributed by atoms with van der Waals surface area (Å²) < 4.78 is 5.77. The normalized spacial score (nSPS) is 13.4. The van der Waals surface area contributed by atoms with Crippen LogP contribution in [0.25, 0.3) is 10.7 Å². The van der Waals surface area contributed by atoms with Crippen LogP contribution >= 0.6 is 11.3 Å². The van der Waals surface area contributed by atoms with Crippen LogP contribution in [0, 0.1) is 0 Å². The Kier molecular flexibility index (Phi) is 7.49. The molecule has 2 amide bonds. The summed E-state index contributed by atoms with van der Waals surface area (Å²) in [5.74, 6) is 0.143. The number of aromatic nitrogens is 4. The van der Waals surface area contributed by atoms with E-state index in [0.29, 0.717) is 23.8 Å². The Morgan fingerprint density at radius 1 is 1.00 bits per heavy atom. The van der Waals surface area contributed by atoms with E-state index in [1.807, 2.05) is 60.0 Å². The van der Waals surface area contributed by atoms with Crippen LogP contribution in [0.4, 0.5) is 5.69 Å². The number of amides is 2. The summed E-state index contributed by atoms with van der Waals surface area (Å²) in [6.45, 7) is 0.131. The fourth-order valence-corrected chi connectivity index (χ4v) is 5.77. The minimum absolute atomic E-state index is 0.189. The van der Waals surface area contributed by atoms with Crippen molar-refractivity contribution in [2.24, 2.45) is 0 Å². The summed E-state index contributed by atoms with van der Waals surface area (Å²) in [6.07, 6.45) is 5.40. The zero-order valence-corrected chi connectivity index (χ0v) is 22.6. The highest BCUT2D eigenvalue weighted by Gasteiger charge is 2.37. The van der Waals surface area contributed by atoms with Gasteiger partial charge in [-0.25, -0.2) is 0 Å². The highest BCUT2D eigenvalue weighted by Crippen LogP contribution is 2.36. The van der Waals surface area contributed by atoms with Crippen molar-refractivity contribution in [1.82, 2.24) is 25.5 Å². The highest BCUT2D eigenvalue weighted by molar-refractivity contribution is 7.13. The molecule has 10 heteroatoms. The van der Waals surface area contributed by atoms with Gasteiger partial charge in [-0.1, -0.05) is 48.5 Å². The molecule has 9 nitrogen and oxygen atoms in total. The maximum absolute atomic E-state index is 14.2. The number of tetrazole rings is 1. The lowest BCUT2D eigenvalue weighted by Crippen LogP contribution is -2.45. The van der Waals surface area contributed by atoms with Crippen LogP contribution in [0.1, 0.15) is 41.3 Å². The van der Waals surface area contributed by atoms with Crippen molar-refractivity contribution in [3.63, 3.8) is 0 Å². The molecule has 0 saturated heterocycles. The number of benzene rings is 2. The van der Waals surface area contributed by atoms with Gasteiger partial charge in [0.1, 0.15) is 12.3 Å². The quantitative estimate of drug-likeness (QED) is 0.277. The van der Waals surface area contributed by atoms with Crippen LogP contribution in [0.2, 0.25) is 0 Å². The first-order chi connectivity index (χ1) is 19.7. The fraction of sp³-hybridized carbons (Fsp3) is 0.233. The van der Waals surface area contributed by atoms with Crippen molar-refractivity contribution in [3.05, 3.63) is 107 Å². The number of thiophene rings is 1. The average molecular weight is 553 g/mol. The molecule has 2 aromatic carbocycles. The molecule has 202 valence electrons.